The number of carboxylic acid groups (broad SMARTS) is 1. The summed E-state index contributed by atoms with van der Waals surface area (Å²) < 4.78 is 4.79. The highest BCUT2D eigenvalue weighted by atomic mass is 32.1. The lowest BCUT2D eigenvalue weighted by Crippen LogP contribution is -1.99. The van der Waals surface area contributed by atoms with Crippen LogP contribution in [0.1, 0.15) is 5.69 Å². The fraction of sp³-hybridized carbons (Fsp3) is 0.333. The topological polar surface area (TPSA) is 59.4 Å². The normalized spacial score (nSPS) is 9.55. The third kappa shape index (κ3) is 2.19. The van der Waals surface area contributed by atoms with Crippen molar-refractivity contribution >= 4 is 17.3 Å². The highest BCUT2D eigenvalue weighted by Gasteiger charge is 2.04. The van der Waals surface area contributed by atoms with E-state index in [1.54, 1.807) is 5.38 Å². The molecule has 0 saturated heterocycles. The largest absolute Gasteiger partial charge is 0.481 e. The SMILES string of the molecule is COc1nc(CC(=O)O)cs1. The van der Waals surface area contributed by atoms with Crippen molar-refractivity contribution in [2.45, 2.75) is 6.42 Å². The van der Waals surface area contributed by atoms with Crippen molar-refractivity contribution in [1.29, 1.82) is 0 Å². The lowest BCUT2D eigenvalue weighted by molar-refractivity contribution is -0.136. The number of carbonyl (C=O) groups is 1. The smallest absolute Gasteiger partial charge is 0.309 e. The fourth-order valence-corrected chi connectivity index (χ4v) is 1.26. The van der Waals surface area contributed by atoms with E-state index >= 15 is 0 Å². The molecule has 0 unspecified atom stereocenters. The first-order valence-corrected chi connectivity index (χ1v) is 3.80. The maximum atomic E-state index is 10.2. The monoisotopic (exact) mass is 173 g/mol. The average Bonchev–Trinajstić information content (AvgIpc) is 2.34. The van der Waals surface area contributed by atoms with Crippen molar-refractivity contribution in [3.63, 3.8) is 0 Å². The van der Waals surface area contributed by atoms with Gasteiger partial charge in [0.1, 0.15) is 0 Å². The van der Waals surface area contributed by atoms with E-state index in [2.05, 4.69) is 4.98 Å². The minimum Gasteiger partial charge on any atom is -0.481 e. The predicted molar refractivity (Wildman–Crippen MR) is 40.0 cm³/mol. The van der Waals surface area contributed by atoms with Crippen molar-refractivity contribution in [3.8, 4) is 5.19 Å². The predicted octanol–water partition coefficient (Wildman–Crippen LogP) is 0.779. The Hall–Kier alpha value is -1.10. The van der Waals surface area contributed by atoms with E-state index in [0.29, 0.717) is 10.9 Å². The molecule has 4 nitrogen and oxygen atoms in total. The molecule has 0 aromatic carbocycles. The lowest BCUT2D eigenvalue weighted by atomic mass is 10.3. The highest BCUT2D eigenvalue weighted by Crippen LogP contribution is 2.17. The molecule has 60 valence electrons. The summed E-state index contributed by atoms with van der Waals surface area (Å²) in [5, 5.41) is 10.5. The Morgan fingerprint density at radius 2 is 2.64 bits per heavy atom. The summed E-state index contributed by atoms with van der Waals surface area (Å²) in [6.07, 6.45) is -0.0418. The standard InChI is InChI=1S/C6H7NO3S/c1-10-6-7-4(3-11-6)2-5(8)9/h3H,2H2,1H3,(H,8,9). The van der Waals surface area contributed by atoms with Gasteiger partial charge in [0.05, 0.1) is 19.2 Å². The van der Waals surface area contributed by atoms with Crippen molar-refractivity contribution in [1.82, 2.24) is 4.98 Å². The van der Waals surface area contributed by atoms with Crippen LogP contribution in [0.5, 0.6) is 5.19 Å². The van der Waals surface area contributed by atoms with Gasteiger partial charge in [0.25, 0.3) is 5.19 Å². The van der Waals surface area contributed by atoms with E-state index in [-0.39, 0.29) is 6.42 Å². The van der Waals surface area contributed by atoms with E-state index in [0.717, 1.165) is 0 Å². The van der Waals surface area contributed by atoms with Gasteiger partial charge in [0.15, 0.2) is 0 Å². The molecule has 1 aromatic rings. The molecular weight excluding hydrogens is 166 g/mol. The van der Waals surface area contributed by atoms with Gasteiger partial charge in [-0.25, -0.2) is 4.98 Å². The highest BCUT2D eigenvalue weighted by molar-refractivity contribution is 7.11. The molecule has 1 aromatic heterocycles. The summed E-state index contributed by atoms with van der Waals surface area (Å²) in [5.74, 6) is -0.877. The number of hydrogen-bond acceptors (Lipinski definition) is 4. The van der Waals surface area contributed by atoms with E-state index in [4.69, 9.17) is 9.84 Å². The van der Waals surface area contributed by atoms with Crippen LogP contribution in [0.2, 0.25) is 0 Å². The van der Waals surface area contributed by atoms with Crippen molar-refractivity contribution in [3.05, 3.63) is 11.1 Å². The Labute approximate surface area is 67.5 Å². The van der Waals surface area contributed by atoms with Gasteiger partial charge in [-0.1, -0.05) is 11.3 Å². The van der Waals surface area contributed by atoms with Gasteiger partial charge in [-0.2, -0.15) is 0 Å². The van der Waals surface area contributed by atoms with Crippen LogP contribution in [-0.4, -0.2) is 23.2 Å². The second-order valence-electron chi connectivity index (χ2n) is 1.88. The number of methoxy groups -OCH3 is 1. The van der Waals surface area contributed by atoms with Crippen molar-refractivity contribution in [2.24, 2.45) is 0 Å². The lowest BCUT2D eigenvalue weighted by Gasteiger charge is -1.88. The number of aliphatic carboxylic acids is 1. The molecule has 11 heavy (non-hydrogen) atoms. The van der Waals surface area contributed by atoms with Gasteiger partial charge in [-0.3, -0.25) is 4.79 Å². The second kappa shape index (κ2) is 3.34. The molecule has 1 heterocycles. The molecule has 0 atom stereocenters. The third-order valence-corrected chi connectivity index (χ3v) is 1.89. The molecule has 1 rings (SSSR count). The van der Waals surface area contributed by atoms with Gasteiger partial charge in [0.2, 0.25) is 0 Å². The molecule has 0 radical (unpaired) electrons. The molecule has 0 bridgehead atoms. The second-order valence-corrected chi connectivity index (χ2v) is 2.70. The minimum atomic E-state index is -0.877. The Morgan fingerprint density at radius 3 is 3.09 bits per heavy atom. The van der Waals surface area contributed by atoms with E-state index in [9.17, 15) is 4.79 Å². The zero-order valence-corrected chi connectivity index (χ0v) is 6.72. The summed E-state index contributed by atoms with van der Waals surface area (Å²) in [6.45, 7) is 0. The van der Waals surface area contributed by atoms with Crippen molar-refractivity contribution < 1.29 is 14.6 Å². The molecule has 0 saturated carbocycles. The zero-order chi connectivity index (χ0) is 8.27. The Morgan fingerprint density at radius 1 is 1.91 bits per heavy atom. The Balaban J connectivity index is 2.65. The Kier molecular flexibility index (Phi) is 2.43. The van der Waals surface area contributed by atoms with Gasteiger partial charge in [0, 0.05) is 5.38 Å². The number of nitrogens with zero attached hydrogens (tertiary/aromatic N) is 1. The van der Waals surface area contributed by atoms with E-state index < -0.39 is 5.97 Å². The average molecular weight is 173 g/mol. The van der Waals surface area contributed by atoms with E-state index in [1.807, 2.05) is 0 Å². The van der Waals surface area contributed by atoms with Gasteiger partial charge in [-0.05, 0) is 0 Å². The molecule has 1 N–H and O–H groups in total. The molecule has 0 fully saturated rings. The van der Waals surface area contributed by atoms with Crippen molar-refractivity contribution in [2.75, 3.05) is 7.11 Å². The van der Waals surface area contributed by atoms with Gasteiger partial charge in [-0.15, -0.1) is 0 Å². The van der Waals surface area contributed by atoms with Crippen LogP contribution >= 0.6 is 11.3 Å². The number of hydrogen-bond donors (Lipinski definition) is 1. The van der Waals surface area contributed by atoms with Crippen LogP contribution in [0.15, 0.2) is 5.38 Å². The maximum Gasteiger partial charge on any atom is 0.309 e. The number of rotatable bonds is 3. The van der Waals surface area contributed by atoms with Gasteiger partial charge >= 0.3 is 5.97 Å². The summed E-state index contributed by atoms with van der Waals surface area (Å²) >= 11 is 1.29. The maximum absolute atomic E-state index is 10.2. The molecule has 0 aliphatic rings. The summed E-state index contributed by atoms with van der Waals surface area (Å²) in [5.41, 5.74) is 0.541. The first-order chi connectivity index (χ1) is 5.22. The van der Waals surface area contributed by atoms with Crippen LogP contribution in [-0.2, 0) is 11.2 Å². The molecular formula is C6H7NO3S. The summed E-state index contributed by atoms with van der Waals surface area (Å²) in [7, 11) is 1.50. The van der Waals surface area contributed by atoms with Gasteiger partial charge < -0.3 is 9.84 Å². The molecule has 0 aliphatic carbocycles. The van der Waals surface area contributed by atoms with Crippen LogP contribution in [0, 0.1) is 0 Å². The molecule has 0 aliphatic heterocycles. The first kappa shape index (κ1) is 8.00. The number of carboxylic acids is 1. The van der Waals surface area contributed by atoms with Crippen LogP contribution in [0.4, 0.5) is 0 Å². The molecule has 0 amide bonds. The van der Waals surface area contributed by atoms with E-state index in [1.165, 1.54) is 18.4 Å². The van der Waals surface area contributed by atoms with Crippen LogP contribution in [0.3, 0.4) is 0 Å². The minimum absolute atomic E-state index is 0.0418. The summed E-state index contributed by atoms with van der Waals surface area (Å²) in [6, 6.07) is 0. The van der Waals surface area contributed by atoms with Crippen LogP contribution in [0.25, 0.3) is 0 Å². The number of thiazole rings is 1. The third-order valence-electron chi connectivity index (χ3n) is 1.04. The van der Waals surface area contributed by atoms with Crippen LogP contribution < -0.4 is 4.74 Å². The summed E-state index contributed by atoms with van der Waals surface area (Å²) in [4.78, 5) is 14.1. The molecule has 5 heteroatoms. The quantitative estimate of drug-likeness (QED) is 0.733. The zero-order valence-electron chi connectivity index (χ0n) is 5.90. The Bertz CT molecular complexity index is 258. The molecule has 0 spiro atoms. The fourth-order valence-electron chi connectivity index (χ4n) is 0.618. The first-order valence-electron chi connectivity index (χ1n) is 2.92. The number of aromatic nitrogens is 1. The number of ether oxygens (including phenoxy) is 1.